The minimum absolute atomic E-state index is 0.276. The highest BCUT2D eigenvalue weighted by molar-refractivity contribution is 8.00. The molecular weight excluding hydrogens is 548 g/mol. The van der Waals surface area contributed by atoms with Gasteiger partial charge in [0.15, 0.2) is 0 Å². The van der Waals surface area contributed by atoms with Crippen LogP contribution >= 0.6 is 46.3 Å². The largest absolute Gasteiger partial charge is 0.324 e. The summed E-state index contributed by atoms with van der Waals surface area (Å²) in [5.74, 6) is -2.49. The topological polar surface area (TPSA) is 88.5 Å². The van der Waals surface area contributed by atoms with Gasteiger partial charge < -0.3 is 5.32 Å². The monoisotopic (exact) mass is 565 g/mol. The van der Waals surface area contributed by atoms with Crippen molar-refractivity contribution >= 4 is 75.4 Å². The number of hydrogen-bond acceptors (Lipinski definition) is 6. The van der Waals surface area contributed by atoms with Crippen molar-refractivity contribution in [3.63, 3.8) is 0 Å². The summed E-state index contributed by atoms with van der Waals surface area (Å²) in [6.45, 7) is 3.35. The van der Waals surface area contributed by atoms with Gasteiger partial charge in [0.2, 0.25) is 17.7 Å². The number of thiazole rings is 1. The molecule has 2 aliphatic heterocycles. The van der Waals surface area contributed by atoms with Crippen LogP contribution < -0.4 is 15.1 Å². The fraction of sp³-hybridized carbons (Fsp3) is 0.250. The van der Waals surface area contributed by atoms with Gasteiger partial charge in [-0.3, -0.25) is 23.7 Å². The molecule has 36 heavy (non-hydrogen) atoms. The number of carbonyl (C=O) groups excluding carboxylic acids is 3. The number of benzene rings is 2. The van der Waals surface area contributed by atoms with E-state index in [0.29, 0.717) is 26.3 Å². The summed E-state index contributed by atoms with van der Waals surface area (Å²) in [4.78, 5) is 53.8. The number of thioether (sulfide) groups is 1. The third-order valence-corrected chi connectivity index (χ3v) is 9.86. The van der Waals surface area contributed by atoms with E-state index in [4.69, 9.17) is 23.2 Å². The standard InChI is InChI=1S/C24H18Cl2FN3O4S2/c1-24(2)17-18(21(33)30(20(17)32)13-6-3-11(27)4-7-13)35-22-19(24)36-23(34)29(22)10-16(31)28-12-5-8-14(25)15(26)9-12/h3-9,17-18H,10H2,1-2H3,(H,28,31). The average Bonchev–Trinajstić information content (AvgIpc) is 3.26. The zero-order valence-electron chi connectivity index (χ0n) is 18.9. The maximum atomic E-state index is 13.4. The van der Waals surface area contributed by atoms with Gasteiger partial charge in [0, 0.05) is 16.0 Å². The number of halogens is 3. The van der Waals surface area contributed by atoms with E-state index in [2.05, 4.69) is 5.32 Å². The van der Waals surface area contributed by atoms with Crippen LogP contribution in [0.15, 0.2) is 52.3 Å². The lowest BCUT2D eigenvalue weighted by molar-refractivity contribution is -0.123. The molecule has 2 unspecified atom stereocenters. The second-order valence-electron chi connectivity index (χ2n) is 8.99. The minimum atomic E-state index is -0.845. The third-order valence-electron chi connectivity index (χ3n) is 6.29. The molecule has 3 heterocycles. The first-order chi connectivity index (χ1) is 17.0. The number of rotatable bonds is 4. The number of fused-ring (bicyclic) bond motifs is 2. The normalized spacial score (nSPS) is 20.3. The number of anilines is 2. The lowest BCUT2D eigenvalue weighted by atomic mass is 9.76. The van der Waals surface area contributed by atoms with Crippen LogP contribution in [0.25, 0.3) is 0 Å². The average molecular weight is 566 g/mol. The molecule has 1 fully saturated rings. The van der Waals surface area contributed by atoms with Crippen LogP contribution in [0.5, 0.6) is 0 Å². The Morgan fingerprint density at radius 2 is 1.75 bits per heavy atom. The Bertz CT molecular complexity index is 1490. The first-order valence-corrected chi connectivity index (χ1v) is 13.2. The third kappa shape index (κ3) is 4.06. The summed E-state index contributed by atoms with van der Waals surface area (Å²) in [6, 6.07) is 9.80. The Kier molecular flexibility index (Phi) is 6.27. The quantitative estimate of drug-likeness (QED) is 0.453. The molecule has 186 valence electrons. The van der Waals surface area contributed by atoms with Crippen molar-refractivity contribution in [1.29, 1.82) is 0 Å². The lowest BCUT2D eigenvalue weighted by Crippen LogP contribution is -2.41. The highest BCUT2D eigenvalue weighted by Gasteiger charge is 2.59. The molecule has 5 rings (SSSR count). The van der Waals surface area contributed by atoms with Crippen molar-refractivity contribution in [3.8, 4) is 0 Å². The molecule has 2 aliphatic rings. The summed E-state index contributed by atoms with van der Waals surface area (Å²) >= 11 is 14.0. The lowest BCUT2D eigenvalue weighted by Gasteiger charge is -2.36. The van der Waals surface area contributed by atoms with Crippen molar-refractivity contribution in [2.45, 2.75) is 36.1 Å². The fourth-order valence-corrected chi connectivity index (χ4v) is 7.87. The number of amides is 3. The summed E-state index contributed by atoms with van der Waals surface area (Å²) in [6.07, 6.45) is 0. The first kappa shape index (κ1) is 25.0. The van der Waals surface area contributed by atoms with Crippen molar-refractivity contribution in [2.24, 2.45) is 5.92 Å². The van der Waals surface area contributed by atoms with Gasteiger partial charge in [0.1, 0.15) is 17.6 Å². The van der Waals surface area contributed by atoms with E-state index in [1.165, 1.54) is 34.9 Å². The molecule has 2 aromatic carbocycles. The molecule has 0 bridgehead atoms. The minimum Gasteiger partial charge on any atom is -0.324 e. The highest BCUT2D eigenvalue weighted by Crippen LogP contribution is 2.54. The van der Waals surface area contributed by atoms with Crippen LogP contribution in [-0.2, 0) is 26.3 Å². The predicted molar refractivity (Wildman–Crippen MR) is 139 cm³/mol. The summed E-state index contributed by atoms with van der Waals surface area (Å²) in [7, 11) is 0. The molecule has 3 aromatic rings. The van der Waals surface area contributed by atoms with Gasteiger partial charge in [-0.1, -0.05) is 60.1 Å². The van der Waals surface area contributed by atoms with Gasteiger partial charge in [-0.2, -0.15) is 0 Å². The Morgan fingerprint density at radius 3 is 2.42 bits per heavy atom. The van der Waals surface area contributed by atoms with Gasteiger partial charge in [-0.25, -0.2) is 9.29 Å². The number of imide groups is 1. The molecule has 0 aliphatic carbocycles. The van der Waals surface area contributed by atoms with Gasteiger partial charge in [0.25, 0.3) is 0 Å². The van der Waals surface area contributed by atoms with Crippen molar-refractivity contribution in [1.82, 2.24) is 4.57 Å². The van der Waals surface area contributed by atoms with Crippen molar-refractivity contribution in [2.75, 3.05) is 10.2 Å². The molecule has 7 nitrogen and oxygen atoms in total. The van der Waals surface area contributed by atoms with E-state index in [0.717, 1.165) is 28.0 Å². The molecule has 0 spiro atoms. The highest BCUT2D eigenvalue weighted by atomic mass is 35.5. The van der Waals surface area contributed by atoms with Gasteiger partial charge in [-0.15, -0.1) is 0 Å². The number of carbonyl (C=O) groups is 3. The van der Waals surface area contributed by atoms with Crippen LogP contribution in [-0.4, -0.2) is 27.5 Å². The molecule has 0 radical (unpaired) electrons. The summed E-state index contributed by atoms with van der Waals surface area (Å²) in [5, 5.41) is 3.01. The van der Waals surface area contributed by atoms with Crippen molar-refractivity contribution < 1.29 is 18.8 Å². The Hall–Kier alpha value is -2.66. The molecule has 1 aromatic heterocycles. The van der Waals surface area contributed by atoms with E-state index < -0.39 is 40.1 Å². The van der Waals surface area contributed by atoms with Crippen molar-refractivity contribution in [3.05, 3.63) is 72.9 Å². The molecule has 1 N–H and O–H groups in total. The zero-order valence-corrected chi connectivity index (χ0v) is 22.0. The van der Waals surface area contributed by atoms with E-state index in [1.807, 2.05) is 13.8 Å². The summed E-state index contributed by atoms with van der Waals surface area (Å²) in [5.41, 5.74) is -0.132. The van der Waals surface area contributed by atoms with E-state index in [-0.39, 0.29) is 16.4 Å². The SMILES string of the molecule is CC1(C)c2sc(=O)n(CC(=O)Nc3ccc(Cl)c(Cl)c3)c2SC2C(=O)N(c3ccc(F)cc3)C(=O)C21. The maximum Gasteiger partial charge on any atom is 0.308 e. The molecule has 0 saturated carbocycles. The smallest absolute Gasteiger partial charge is 0.308 e. The predicted octanol–water partition coefficient (Wildman–Crippen LogP) is 4.94. The van der Waals surface area contributed by atoms with Crippen LogP contribution in [0.2, 0.25) is 10.0 Å². The van der Waals surface area contributed by atoms with Gasteiger partial charge in [0.05, 0.1) is 26.7 Å². The Labute approximate surface area is 223 Å². The van der Waals surface area contributed by atoms with Crippen LogP contribution in [0.3, 0.4) is 0 Å². The molecule has 2 atom stereocenters. The number of aromatic nitrogens is 1. The van der Waals surface area contributed by atoms with Gasteiger partial charge >= 0.3 is 4.87 Å². The van der Waals surface area contributed by atoms with Crippen LogP contribution in [0, 0.1) is 11.7 Å². The van der Waals surface area contributed by atoms with E-state index >= 15 is 0 Å². The molecule has 12 heteroatoms. The van der Waals surface area contributed by atoms with Crippen LogP contribution in [0.1, 0.15) is 18.7 Å². The zero-order chi connectivity index (χ0) is 25.9. The van der Waals surface area contributed by atoms with E-state index in [9.17, 15) is 23.6 Å². The number of nitrogens with one attached hydrogen (secondary N) is 1. The second-order valence-corrected chi connectivity index (χ2v) is 11.9. The summed E-state index contributed by atoms with van der Waals surface area (Å²) < 4.78 is 14.7. The Morgan fingerprint density at radius 1 is 1.06 bits per heavy atom. The maximum absolute atomic E-state index is 13.4. The molecular formula is C24H18Cl2FN3O4S2. The number of nitrogens with zero attached hydrogens (tertiary/aromatic N) is 2. The Balaban J connectivity index is 1.46. The second kappa shape index (κ2) is 9.02. The van der Waals surface area contributed by atoms with Crippen LogP contribution in [0.4, 0.5) is 15.8 Å². The van der Waals surface area contributed by atoms with Gasteiger partial charge in [-0.05, 0) is 42.5 Å². The molecule has 1 saturated heterocycles. The number of hydrogen-bond donors (Lipinski definition) is 1. The first-order valence-electron chi connectivity index (χ1n) is 10.8. The van der Waals surface area contributed by atoms with E-state index in [1.54, 1.807) is 12.1 Å². The molecule has 3 amide bonds. The fourth-order valence-electron chi connectivity index (χ4n) is 4.53.